The molecule has 2 aliphatic heterocycles. The van der Waals surface area contributed by atoms with Crippen molar-refractivity contribution in [3.63, 3.8) is 0 Å². The molecule has 1 aromatic carbocycles. The van der Waals surface area contributed by atoms with Crippen LogP contribution in [0.15, 0.2) is 18.2 Å². The minimum Gasteiger partial charge on any atom is -0.379 e. The van der Waals surface area contributed by atoms with Crippen molar-refractivity contribution >= 4 is 39.8 Å². The summed E-state index contributed by atoms with van der Waals surface area (Å²) in [5.74, 6) is -0.510. The molecule has 138 valence electrons. The highest BCUT2D eigenvalue weighted by Gasteiger charge is 2.25. The van der Waals surface area contributed by atoms with Gasteiger partial charge in [-0.25, -0.2) is 14.2 Å². The molecule has 1 aromatic heterocycles. The van der Waals surface area contributed by atoms with Crippen LogP contribution in [0.25, 0.3) is 0 Å². The van der Waals surface area contributed by atoms with E-state index in [0.717, 1.165) is 28.7 Å². The number of carbonyl (C=O) groups is 1. The summed E-state index contributed by atoms with van der Waals surface area (Å²) in [4.78, 5) is 19.9. The Morgan fingerprint density at radius 3 is 3.12 bits per heavy atom. The largest absolute Gasteiger partial charge is 0.379 e. The molecule has 0 spiro atoms. The fourth-order valence-electron chi connectivity index (χ4n) is 3.03. The summed E-state index contributed by atoms with van der Waals surface area (Å²) in [5, 5.41) is 7.04. The third-order valence-corrected chi connectivity index (χ3v) is 5.75. The Labute approximate surface area is 159 Å². The lowest BCUT2D eigenvalue weighted by Crippen LogP contribution is -2.38. The van der Waals surface area contributed by atoms with Gasteiger partial charge in [0.25, 0.3) is 0 Å². The summed E-state index contributed by atoms with van der Waals surface area (Å²) in [6, 6.07) is 4.21. The van der Waals surface area contributed by atoms with E-state index in [4.69, 9.17) is 16.3 Å². The van der Waals surface area contributed by atoms with E-state index in [-0.39, 0.29) is 11.1 Å². The second-order valence-electron chi connectivity index (χ2n) is 6.32. The van der Waals surface area contributed by atoms with E-state index in [9.17, 15) is 9.18 Å². The molecule has 26 heavy (non-hydrogen) atoms. The normalized spacial score (nSPS) is 19.3. The number of anilines is 2. The van der Waals surface area contributed by atoms with E-state index in [0.29, 0.717) is 37.8 Å². The molecule has 9 heteroatoms. The lowest BCUT2D eigenvalue weighted by molar-refractivity contribution is 0.195. The second kappa shape index (κ2) is 7.38. The van der Waals surface area contributed by atoms with Gasteiger partial charge in [-0.1, -0.05) is 22.9 Å². The monoisotopic (exact) mass is 396 g/mol. The van der Waals surface area contributed by atoms with E-state index in [2.05, 4.69) is 15.6 Å². The maximum absolute atomic E-state index is 13.2. The third-order valence-electron chi connectivity index (χ3n) is 4.45. The number of halogens is 2. The molecule has 2 aliphatic rings. The summed E-state index contributed by atoms with van der Waals surface area (Å²) in [6.07, 6.45) is 1.70. The first kappa shape index (κ1) is 17.5. The van der Waals surface area contributed by atoms with Crippen LogP contribution in [0, 0.1) is 5.82 Å². The van der Waals surface area contributed by atoms with Crippen LogP contribution >= 0.6 is 22.9 Å². The lowest BCUT2D eigenvalue weighted by Gasteiger charge is -2.26. The van der Waals surface area contributed by atoms with Crippen molar-refractivity contribution in [1.29, 1.82) is 0 Å². The number of fused-ring (bicyclic) bond motifs is 1. The van der Waals surface area contributed by atoms with Crippen molar-refractivity contribution in [2.24, 2.45) is 0 Å². The summed E-state index contributed by atoms with van der Waals surface area (Å²) in [7, 11) is 0. The van der Waals surface area contributed by atoms with Crippen LogP contribution < -0.4 is 10.6 Å². The molecular weight excluding hydrogens is 379 g/mol. The Morgan fingerprint density at radius 2 is 2.35 bits per heavy atom. The number of rotatable bonds is 3. The van der Waals surface area contributed by atoms with Gasteiger partial charge in [0.1, 0.15) is 5.82 Å². The maximum atomic E-state index is 13.2. The van der Waals surface area contributed by atoms with E-state index < -0.39 is 5.82 Å². The first-order chi connectivity index (χ1) is 12.6. The van der Waals surface area contributed by atoms with Crippen LogP contribution in [0.4, 0.5) is 20.0 Å². The fourth-order valence-corrected chi connectivity index (χ4v) is 4.31. The van der Waals surface area contributed by atoms with Gasteiger partial charge in [0, 0.05) is 30.1 Å². The summed E-state index contributed by atoms with van der Waals surface area (Å²) >= 11 is 7.34. The third kappa shape index (κ3) is 3.77. The molecule has 3 heterocycles. The number of thiazole rings is 1. The number of hydrogen-bond acceptors (Lipinski definition) is 5. The number of nitrogens with zero attached hydrogens (tertiary/aromatic N) is 2. The maximum Gasteiger partial charge on any atom is 0.322 e. The van der Waals surface area contributed by atoms with Crippen molar-refractivity contribution < 1.29 is 13.9 Å². The molecule has 1 unspecified atom stereocenters. The molecule has 1 fully saturated rings. The molecule has 4 rings (SSSR count). The number of ether oxygens (including phenoxy) is 1. The van der Waals surface area contributed by atoms with Gasteiger partial charge in [0.05, 0.1) is 29.9 Å². The number of amides is 2. The van der Waals surface area contributed by atoms with Crippen molar-refractivity contribution in [3.05, 3.63) is 39.6 Å². The van der Waals surface area contributed by atoms with Gasteiger partial charge < -0.3 is 20.3 Å². The molecule has 2 aromatic rings. The van der Waals surface area contributed by atoms with Crippen molar-refractivity contribution in [2.45, 2.75) is 25.4 Å². The molecule has 2 amide bonds. The number of carbonyl (C=O) groups excluding carboxylic acids is 1. The molecule has 0 aliphatic carbocycles. The average Bonchev–Trinajstić information content (AvgIpc) is 3.26. The zero-order valence-corrected chi connectivity index (χ0v) is 15.5. The number of hydrogen-bond donors (Lipinski definition) is 2. The topological polar surface area (TPSA) is 66.5 Å². The van der Waals surface area contributed by atoms with E-state index in [1.807, 2.05) is 0 Å². The van der Waals surface area contributed by atoms with Crippen LogP contribution in [0.2, 0.25) is 5.02 Å². The van der Waals surface area contributed by atoms with Crippen LogP contribution in [-0.2, 0) is 17.7 Å². The van der Waals surface area contributed by atoms with Gasteiger partial charge in [-0.05, 0) is 24.6 Å². The van der Waals surface area contributed by atoms with E-state index in [1.165, 1.54) is 18.2 Å². The zero-order valence-electron chi connectivity index (χ0n) is 13.9. The fraction of sp³-hybridized carbons (Fsp3) is 0.412. The lowest BCUT2D eigenvalue weighted by atomic mass is 10.2. The second-order valence-corrected chi connectivity index (χ2v) is 7.82. The van der Waals surface area contributed by atoms with Gasteiger partial charge >= 0.3 is 6.03 Å². The van der Waals surface area contributed by atoms with E-state index in [1.54, 1.807) is 16.2 Å². The molecule has 6 nitrogen and oxygen atoms in total. The Bertz CT molecular complexity index is 825. The summed E-state index contributed by atoms with van der Waals surface area (Å²) in [6.45, 7) is 2.59. The SMILES string of the molecule is O=C(Nc1ccc(F)c(Cl)c1)N1CCc2nc(NC3CCOC3)sc2C1. The smallest absolute Gasteiger partial charge is 0.322 e. The molecular formula is C17H18ClFN4O2S. The van der Waals surface area contributed by atoms with E-state index >= 15 is 0 Å². The van der Waals surface area contributed by atoms with Crippen molar-refractivity contribution in [1.82, 2.24) is 9.88 Å². The highest BCUT2D eigenvalue weighted by Crippen LogP contribution is 2.30. The number of aromatic nitrogens is 1. The quantitative estimate of drug-likeness (QED) is 0.829. The zero-order chi connectivity index (χ0) is 18.1. The first-order valence-corrected chi connectivity index (χ1v) is 9.62. The summed E-state index contributed by atoms with van der Waals surface area (Å²) < 4.78 is 18.6. The Balaban J connectivity index is 1.40. The number of urea groups is 1. The van der Waals surface area contributed by atoms with Crippen LogP contribution in [0.1, 0.15) is 17.0 Å². The van der Waals surface area contributed by atoms with Crippen molar-refractivity contribution in [2.75, 3.05) is 30.4 Å². The highest BCUT2D eigenvalue weighted by molar-refractivity contribution is 7.15. The van der Waals surface area contributed by atoms with Gasteiger partial charge in [-0.2, -0.15) is 0 Å². The standard InChI is InChI=1S/C17H18ClFN4O2S/c18-12-7-10(1-2-13(12)19)21-17(24)23-5-3-14-15(8-23)26-16(22-14)20-11-4-6-25-9-11/h1-2,7,11H,3-6,8-9H2,(H,20,22)(H,21,24). The van der Waals surface area contributed by atoms with Crippen LogP contribution in [0.3, 0.4) is 0 Å². The Morgan fingerprint density at radius 1 is 1.46 bits per heavy atom. The minimum atomic E-state index is -0.510. The van der Waals surface area contributed by atoms with Gasteiger partial charge in [-0.3, -0.25) is 0 Å². The predicted octanol–water partition coefficient (Wildman–Crippen LogP) is 3.73. The Kier molecular flexibility index (Phi) is 4.97. The average molecular weight is 397 g/mol. The molecule has 0 radical (unpaired) electrons. The number of nitrogens with one attached hydrogen (secondary N) is 2. The molecule has 1 saturated heterocycles. The first-order valence-electron chi connectivity index (χ1n) is 8.42. The molecule has 2 N–H and O–H groups in total. The van der Waals surface area contributed by atoms with Crippen LogP contribution in [0.5, 0.6) is 0 Å². The molecule has 0 saturated carbocycles. The van der Waals surface area contributed by atoms with Gasteiger partial charge in [-0.15, -0.1) is 0 Å². The summed E-state index contributed by atoms with van der Waals surface area (Å²) in [5.41, 5.74) is 1.52. The number of benzene rings is 1. The minimum absolute atomic E-state index is 0.0159. The molecule has 0 bridgehead atoms. The van der Waals surface area contributed by atoms with Gasteiger partial charge in [0.15, 0.2) is 5.13 Å². The van der Waals surface area contributed by atoms with Crippen LogP contribution in [-0.4, -0.2) is 41.7 Å². The predicted molar refractivity (Wildman–Crippen MR) is 99.5 cm³/mol. The van der Waals surface area contributed by atoms with Gasteiger partial charge in [0.2, 0.25) is 0 Å². The van der Waals surface area contributed by atoms with Crippen molar-refractivity contribution in [3.8, 4) is 0 Å². The molecule has 1 atom stereocenters. The Hall–Kier alpha value is -1.90. The highest BCUT2D eigenvalue weighted by atomic mass is 35.5.